The predicted molar refractivity (Wildman–Crippen MR) is 85.7 cm³/mol. The molecule has 1 fully saturated rings. The zero-order valence-corrected chi connectivity index (χ0v) is 14.1. The standard InChI is InChI=1S/C16H33NOS/c1-5-7-10-19(18)15-11-14(16(3,4)6-2)9-8-13(15)12-17/h13-15H,5-12,17H2,1-4H3. The summed E-state index contributed by atoms with van der Waals surface area (Å²) in [4.78, 5) is 0. The van der Waals surface area contributed by atoms with Gasteiger partial charge in [0.2, 0.25) is 0 Å². The van der Waals surface area contributed by atoms with Crippen LogP contribution >= 0.6 is 0 Å². The molecule has 114 valence electrons. The van der Waals surface area contributed by atoms with Crippen LogP contribution in [0.15, 0.2) is 0 Å². The van der Waals surface area contributed by atoms with Crippen LogP contribution < -0.4 is 5.73 Å². The molecule has 2 N–H and O–H groups in total. The molecule has 0 aromatic heterocycles. The maximum Gasteiger partial charge on any atom is 0.0391 e. The highest BCUT2D eigenvalue weighted by Crippen LogP contribution is 2.43. The van der Waals surface area contributed by atoms with Crippen LogP contribution in [-0.2, 0) is 10.8 Å². The first-order valence-corrected chi connectivity index (χ1v) is 9.41. The first kappa shape index (κ1) is 17.2. The monoisotopic (exact) mass is 287 g/mol. The summed E-state index contributed by atoms with van der Waals surface area (Å²) in [5.74, 6) is 2.08. The fraction of sp³-hybridized carbons (Fsp3) is 1.00. The van der Waals surface area contributed by atoms with Crippen molar-refractivity contribution in [3.63, 3.8) is 0 Å². The van der Waals surface area contributed by atoms with Crippen LogP contribution in [0.25, 0.3) is 0 Å². The quantitative estimate of drug-likeness (QED) is 0.775. The molecule has 4 unspecified atom stereocenters. The second-order valence-corrected chi connectivity index (χ2v) is 8.60. The molecule has 1 aliphatic rings. The van der Waals surface area contributed by atoms with Gasteiger partial charge in [-0.1, -0.05) is 40.5 Å². The SMILES string of the molecule is CCCCS(=O)C1CC(C(C)(C)CC)CCC1CN. The van der Waals surface area contributed by atoms with Crippen molar-refractivity contribution >= 4 is 10.8 Å². The van der Waals surface area contributed by atoms with Gasteiger partial charge in [-0.25, -0.2) is 0 Å². The van der Waals surface area contributed by atoms with Crippen LogP contribution in [0.2, 0.25) is 0 Å². The van der Waals surface area contributed by atoms with E-state index in [1.807, 2.05) is 0 Å². The molecule has 0 spiro atoms. The normalized spacial score (nSPS) is 30.3. The van der Waals surface area contributed by atoms with Crippen molar-refractivity contribution in [2.45, 2.75) is 71.5 Å². The number of hydrogen-bond acceptors (Lipinski definition) is 2. The Morgan fingerprint density at radius 3 is 2.47 bits per heavy atom. The van der Waals surface area contributed by atoms with Crippen LogP contribution in [0.4, 0.5) is 0 Å². The van der Waals surface area contributed by atoms with Gasteiger partial charge in [0.1, 0.15) is 0 Å². The third-order valence-corrected chi connectivity index (χ3v) is 7.23. The summed E-state index contributed by atoms with van der Waals surface area (Å²) in [7, 11) is -0.674. The van der Waals surface area contributed by atoms with Crippen molar-refractivity contribution in [3.8, 4) is 0 Å². The first-order valence-electron chi connectivity index (χ1n) is 8.03. The maximum absolute atomic E-state index is 12.5. The van der Waals surface area contributed by atoms with Crippen LogP contribution in [0.3, 0.4) is 0 Å². The van der Waals surface area contributed by atoms with Crippen LogP contribution in [0.5, 0.6) is 0 Å². The summed E-state index contributed by atoms with van der Waals surface area (Å²) in [6, 6.07) is 0. The molecule has 0 saturated heterocycles. The van der Waals surface area contributed by atoms with E-state index in [0.717, 1.165) is 30.9 Å². The molecule has 19 heavy (non-hydrogen) atoms. The maximum atomic E-state index is 12.5. The third kappa shape index (κ3) is 4.56. The van der Waals surface area contributed by atoms with Crippen molar-refractivity contribution < 1.29 is 4.21 Å². The van der Waals surface area contributed by atoms with Crippen LogP contribution in [0.1, 0.15) is 66.2 Å². The average molecular weight is 288 g/mol. The summed E-state index contributed by atoms with van der Waals surface area (Å²) < 4.78 is 12.5. The second kappa shape index (κ2) is 7.78. The van der Waals surface area contributed by atoms with E-state index in [1.54, 1.807) is 0 Å². The molecule has 0 aromatic carbocycles. The lowest BCUT2D eigenvalue weighted by atomic mass is 9.67. The van der Waals surface area contributed by atoms with E-state index in [1.165, 1.54) is 19.3 Å². The van der Waals surface area contributed by atoms with Crippen molar-refractivity contribution in [3.05, 3.63) is 0 Å². The number of nitrogens with two attached hydrogens (primary N) is 1. The topological polar surface area (TPSA) is 43.1 Å². The van der Waals surface area contributed by atoms with Gasteiger partial charge in [0.25, 0.3) is 0 Å². The van der Waals surface area contributed by atoms with Gasteiger partial charge < -0.3 is 5.73 Å². The Bertz CT molecular complexity index is 290. The molecule has 0 bridgehead atoms. The average Bonchev–Trinajstić information content (AvgIpc) is 2.43. The molecule has 1 saturated carbocycles. The lowest BCUT2D eigenvalue weighted by molar-refractivity contribution is 0.133. The highest BCUT2D eigenvalue weighted by Gasteiger charge is 2.38. The van der Waals surface area contributed by atoms with Gasteiger partial charge in [-0.3, -0.25) is 4.21 Å². The first-order chi connectivity index (χ1) is 8.96. The number of hydrogen-bond donors (Lipinski definition) is 1. The fourth-order valence-corrected chi connectivity index (χ4v) is 5.22. The van der Waals surface area contributed by atoms with E-state index in [4.69, 9.17) is 5.73 Å². The number of rotatable bonds is 7. The highest BCUT2D eigenvalue weighted by molar-refractivity contribution is 7.85. The molecule has 1 rings (SSSR count). The van der Waals surface area contributed by atoms with Gasteiger partial charge in [-0.15, -0.1) is 0 Å². The molecule has 3 heteroatoms. The molecule has 0 radical (unpaired) electrons. The smallest absolute Gasteiger partial charge is 0.0391 e. The van der Waals surface area contributed by atoms with Crippen molar-refractivity contribution in [2.75, 3.05) is 12.3 Å². The molecule has 0 heterocycles. The van der Waals surface area contributed by atoms with Gasteiger partial charge in [0.15, 0.2) is 0 Å². The van der Waals surface area contributed by atoms with E-state index < -0.39 is 10.8 Å². The molecular formula is C16H33NOS. The van der Waals surface area contributed by atoms with Gasteiger partial charge in [-0.2, -0.15) is 0 Å². The minimum atomic E-state index is -0.674. The fourth-order valence-electron chi connectivity index (χ4n) is 3.22. The molecule has 0 aliphatic heterocycles. The Kier molecular flexibility index (Phi) is 7.02. The van der Waals surface area contributed by atoms with Crippen molar-refractivity contribution in [1.82, 2.24) is 0 Å². The van der Waals surface area contributed by atoms with Crippen LogP contribution in [-0.4, -0.2) is 21.8 Å². The zero-order chi connectivity index (χ0) is 14.5. The zero-order valence-electron chi connectivity index (χ0n) is 13.3. The molecule has 0 aromatic rings. The van der Waals surface area contributed by atoms with Crippen molar-refractivity contribution in [2.24, 2.45) is 23.0 Å². The molecular weight excluding hydrogens is 254 g/mol. The number of unbranched alkanes of at least 4 members (excludes halogenated alkanes) is 1. The minimum Gasteiger partial charge on any atom is -0.330 e. The Hall–Kier alpha value is 0.110. The van der Waals surface area contributed by atoms with E-state index in [0.29, 0.717) is 23.1 Å². The Balaban J connectivity index is 2.71. The Morgan fingerprint density at radius 1 is 1.26 bits per heavy atom. The van der Waals surface area contributed by atoms with Gasteiger partial charge >= 0.3 is 0 Å². The van der Waals surface area contributed by atoms with Crippen molar-refractivity contribution in [1.29, 1.82) is 0 Å². The second-order valence-electron chi connectivity index (χ2n) is 6.82. The predicted octanol–water partition coefficient (Wildman–Crippen LogP) is 3.72. The Labute approximate surface area is 122 Å². The van der Waals surface area contributed by atoms with E-state index >= 15 is 0 Å². The molecule has 4 atom stereocenters. The van der Waals surface area contributed by atoms with E-state index in [2.05, 4.69) is 27.7 Å². The van der Waals surface area contributed by atoms with Gasteiger partial charge in [0.05, 0.1) is 0 Å². The van der Waals surface area contributed by atoms with E-state index in [-0.39, 0.29) is 0 Å². The Morgan fingerprint density at radius 2 is 1.95 bits per heavy atom. The largest absolute Gasteiger partial charge is 0.330 e. The molecule has 2 nitrogen and oxygen atoms in total. The minimum absolute atomic E-state index is 0.348. The third-order valence-electron chi connectivity index (χ3n) is 5.28. The molecule has 1 aliphatic carbocycles. The molecule has 0 amide bonds. The van der Waals surface area contributed by atoms with Crippen LogP contribution in [0, 0.1) is 17.3 Å². The highest BCUT2D eigenvalue weighted by atomic mass is 32.2. The van der Waals surface area contributed by atoms with E-state index in [9.17, 15) is 4.21 Å². The summed E-state index contributed by atoms with van der Waals surface area (Å²) >= 11 is 0. The summed E-state index contributed by atoms with van der Waals surface area (Å²) in [6.07, 6.45) is 6.99. The summed E-state index contributed by atoms with van der Waals surface area (Å²) in [5, 5.41) is 0.348. The van der Waals surface area contributed by atoms with Gasteiger partial charge in [-0.05, 0) is 49.5 Å². The lowest BCUT2D eigenvalue weighted by Gasteiger charge is -2.42. The van der Waals surface area contributed by atoms with Gasteiger partial charge in [0, 0.05) is 21.8 Å². The summed E-state index contributed by atoms with van der Waals surface area (Å²) in [5.41, 5.74) is 6.29. The lowest BCUT2D eigenvalue weighted by Crippen LogP contribution is -2.41. The summed E-state index contributed by atoms with van der Waals surface area (Å²) in [6.45, 7) is 9.89.